The van der Waals surface area contributed by atoms with E-state index in [1.54, 1.807) is 24.9 Å². The first kappa shape index (κ1) is 14.4. The Kier molecular flexibility index (Phi) is 3.97. The van der Waals surface area contributed by atoms with Crippen molar-refractivity contribution < 1.29 is 19.0 Å². The number of carbonyl (C=O) groups excluding carboxylic acids is 1. The van der Waals surface area contributed by atoms with E-state index >= 15 is 0 Å². The second-order valence-corrected chi connectivity index (χ2v) is 4.86. The summed E-state index contributed by atoms with van der Waals surface area (Å²) in [5, 5.41) is 7.00. The predicted molar refractivity (Wildman–Crippen MR) is 79.0 cm³/mol. The number of aromatic nitrogens is 2. The number of carbonyl (C=O) groups is 1. The molecule has 1 N–H and O–H groups in total. The Hall–Kier alpha value is -2.54. The molecular weight excluding hydrogens is 286 g/mol. The highest BCUT2D eigenvalue weighted by atomic mass is 16.7. The quantitative estimate of drug-likeness (QED) is 0.840. The number of hydrogen-bond donors (Lipinski definition) is 1. The first-order valence-corrected chi connectivity index (χ1v) is 6.90. The number of rotatable bonds is 5. The van der Waals surface area contributed by atoms with Crippen LogP contribution < -0.4 is 14.8 Å². The van der Waals surface area contributed by atoms with Gasteiger partial charge in [-0.2, -0.15) is 5.10 Å². The van der Waals surface area contributed by atoms with E-state index in [9.17, 15) is 4.79 Å². The average Bonchev–Trinajstić information content (AvgIpc) is 3.12. The van der Waals surface area contributed by atoms with Gasteiger partial charge in [-0.3, -0.25) is 9.48 Å². The summed E-state index contributed by atoms with van der Waals surface area (Å²) in [6.07, 6.45) is 0. The molecule has 1 aliphatic rings. The van der Waals surface area contributed by atoms with Gasteiger partial charge in [0.25, 0.3) is 5.91 Å². The molecule has 1 aromatic heterocycles. The monoisotopic (exact) mass is 303 g/mol. The van der Waals surface area contributed by atoms with Crippen molar-refractivity contribution in [3.05, 3.63) is 30.0 Å². The van der Waals surface area contributed by atoms with Gasteiger partial charge in [-0.25, -0.2) is 0 Å². The highest BCUT2D eigenvalue weighted by Gasteiger charge is 2.17. The van der Waals surface area contributed by atoms with Gasteiger partial charge in [0.15, 0.2) is 17.2 Å². The largest absolute Gasteiger partial charge is 0.454 e. The molecule has 1 aliphatic heterocycles. The molecule has 3 rings (SSSR count). The van der Waals surface area contributed by atoms with E-state index in [0.717, 1.165) is 17.0 Å². The number of benzene rings is 1. The minimum absolute atomic E-state index is 0.223. The van der Waals surface area contributed by atoms with Gasteiger partial charge in [0.2, 0.25) is 6.79 Å². The van der Waals surface area contributed by atoms with Gasteiger partial charge in [0.1, 0.15) is 0 Å². The van der Waals surface area contributed by atoms with Crippen LogP contribution in [0.15, 0.2) is 24.3 Å². The summed E-state index contributed by atoms with van der Waals surface area (Å²) < 4.78 is 17.2. The van der Waals surface area contributed by atoms with Crippen molar-refractivity contribution in [3.63, 3.8) is 0 Å². The lowest BCUT2D eigenvalue weighted by atomic mass is 10.1. The molecule has 7 heteroatoms. The molecule has 1 aromatic carbocycles. The molecule has 0 saturated heterocycles. The van der Waals surface area contributed by atoms with Crippen LogP contribution in [0.1, 0.15) is 10.5 Å². The summed E-state index contributed by atoms with van der Waals surface area (Å²) in [5.74, 6) is 1.20. The molecule has 116 valence electrons. The lowest BCUT2D eigenvalue weighted by Crippen LogP contribution is -2.27. The highest BCUT2D eigenvalue weighted by molar-refractivity contribution is 5.93. The van der Waals surface area contributed by atoms with E-state index in [1.165, 1.54) is 0 Å². The minimum Gasteiger partial charge on any atom is -0.454 e. The van der Waals surface area contributed by atoms with E-state index in [1.807, 2.05) is 18.2 Å². The van der Waals surface area contributed by atoms with Gasteiger partial charge in [-0.05, 0) is 24.3 Å². The fourth-order valence-corrected chi connectivity index (χ4v) is 2.26. The Morgan fingerprint density at radius 2 is 2.18 bits per heavy atom. The summed E-state index contributed by atoms with van der Waals surface area (Å²) in [7, 11) is 3.39. The summed E-state index contributed by atoms with van der Waals surface area (Å²) in [4.78, 5) is 12.0. The van der Waals surface area contributed by atoms with Crippen LogP contribution in [0, 0.1) is 0 Å². The first-order valence-electron chi connectivity index (χ1n) is 6.90. The van der Waals surface area contributed by atoms with E-state index in [4.69, 9.17) is 14.2 Å². The standard InChI is InChI=1S/C15H17N3O4/c1-18-12(8-11(17-18)15(19)16-5-6-20-2)10-3-4-13-14(7-10)22-9-21-13/h3-4,7-8H,5-6,9H2,1-2H3,(H,16,19). The lowest BCUT2D eigenvalue weighted by molar-refractivity contribution is 0.0931. The second kappa shape index (κ2) is 6.07. The van der Waals surface area contributed by atoms with Crippen LogP contribution in [0.4, 0.5) is 0 Å². The molecular formula is C15H17N3O4. The van der Waals surface area contributed by atoms with Gasteiger partial charge in [-0.1, -0.05) is 0 Å². The van der Waals surface area contributed by atoms with Crippen LogP contribution in [0.3, 0.4) is 0 Å². The van der Waals surface area contributed by atoms with Crippen molar-refractivity contribution in [1.29, 1.82) is 0 Å². The number of aryl methyl sites for hydroxylation is 1. The van der Waals surface area contributed by atoms with Crippen LogP contribution in [-0.4, -0.2) is 42.7 Å². The summed E-state index contributed by atoms with van der Waals surface area (Å²) in [5.41, 5.74) is 2.11. The lowest BCUT2D eigenvalue weighted by Gasteiger charge is -2.03. The van der Waals surface area contributed by atoms with Gasteiger partial charge < -0.3 is 19.5 Å². The summed E-state index contributed by atoms with van der Waals surface area (Å²) >= 11 is 0. The number of hydrogen-bond acceptors (Lipinski definition) is 5. The number of ether oxygens (including phenoxy) is 3. The molecule has 0 radical (unpaired) electrons. The molecule has 22 heavy (non-hydrogen) atoms. The van der Waals surface area contributed by atoms with Crippen LogP contribution >= 0.6 is 0 Å². The third-order valence-corrected chi connectivity index (χ3v) is 3.37. The third kappa shape index (κ3) is 2.75. The topological polar surface area (TPSA) is 74.6 Å². The minimum atomic E-state index is -0.223. The molecule has 0 spiro atoms. The molecule has 2 heterocycles. The molecule has 2 aromatic rings. The SMILES string of the molecule is COCCNC(=O)c1cc(-c2ccc3c(c2)OCO3)n(C)n1. The van der Waals surface area contributed by atoms with Gasteiger partial charge in [0.05, 0.1) is 12.3 Å². The van der Waals surface area contributed by atoms with Gasteiger partial charge >= 0.3 is 0 Å². The second-order valence-electron chi connectivity index (χ2n) is 4.86. The first-order chi connectivity index (χ1) is 10.7. The predicted octanol–water partition coefficient (Wildman–Crippen LogP) is 1.19. The Bertz CT molecular complexity index is 696. The van der Waals surface area contributed by atoms with Crippen molar-refractivity contribution in [2.75, 3.05) is 27.1 Å². The number of methoxy groups -OCH3 is 1. The smallest absolute Gasteiger partial charge is 0.271 e. The average molecular weight is 303 g/mol. The maximum atomic E-state index is 12.0. The molecule has 0 saturated carbocycles. The zero-order chi connectivity index (χ0) is 15.5. The van der Waals surface area contributed by atoms with E-state index in [0.29, 0.717) is 24.6 Å². The maximum absolute atomic E-state index is 12.0. The Labute approximate surface area is 127 Å². The fraction of sp³-hybridized carbons (Fsp3) is 0.333. The number of nitrogens with one attached hydrogen (secondary N) is 1. The number of fused-ring (bicyclic) bond motifs is 1. The van der Waals surface area contributed by atoms with Crippen molar-refractivity contribution in [3.8, 4) is 22.8 Å². The maximum Gasteiger partial charge on any atom is 0.271 e. The van der Waals surface area contributed by atoms with Crippen molar-refractivity contribution in [2.24, 2.45) is 7.05 Å². The van der Waals surface area contributed by atoms with Crippen LogP contribution in [0.2, 0.25) is 0 Å². The molecule has 0 bridgehead atoms. The fourth-order valence-electron chi connectivity index (χ4n) is 2.26. The van der Waals surface area contributed by atoms with Crippen LogP contribution in [0.25, 0.3) is 11.3 Å². The molecule has 0 aliphatic carbocycles. The number of nitrogens with zero attached hydrogens (tertiary/aromatic N) is 2. The Balaban J connectivity index is 1.81. The van der Waals surface area contributed by atoms with Crippen molar-refractivity contribution in [1.82, 2.24) is 15.1 Å². The molecule has 0 atom stereocenters. The zero-order valence-corrected chi connectivity index (χ0v) is 12.5. The summed E-state index contributed by atoms with van der Waals surface area (Å²) in [6.45, 7) is 1.15. The van der Waals surface area contributed by atoms with Crippen LogP contribution in [-0.2, 0) is 11.8 Å². The highest BCUT2D eigenvalue weighted by Crippen LogP contribution is 2.35. The Morgan fingerprint density at radius 1 is 1.36 bits per heavy atom. The third-order valence-electron chi connectivity index (χ3n) is 3.37. The molecule has 7 nitrogen and oxygen atoms in total. The normalized spacial score (nSPS) is 12.5. The molecule has 0 unspecified atom stereocenters. The van der Waals surface area contributed by atoms with Gasteiger partial charge in [0, 0.05) is 26.3 Å². The van der Waals surface area contributed by atoms with E-state index < -0.39 is 0 Å². The van der Waals surface area contributed by atoms with E-state index in [2.05, 4.69) is 10.4 Å². The van der Waals surface area contributed by atoms with Crippen molar-refractivity contribution in [2.45, 2.75) is 0 Å². The molecule has 1 amide bonds. The van der Waals surface area contributed by atoms with Crippen molar-refractivity contribution >= 4 is 5.91 Å². The van der Waals surface area contributed by atoms with Crippen LogP contribution in [0.5, 0.6) is 11.5 Å². The van der Waals surface area contributed by atoms with E-state index in [-0.39, 0.29) is 12.7 Å². The number of amides is 1. The zero-order valence-electron chi connectivity index (χ0n) is 12.5. The molecule has 0 fully saturated rings. The summed E-state index contributed by atoms with van der Waals surface area (Å²) in [6, 6.07) is 7.39. The van der Waals surface area contributed by atoms with Gasteiger partial charge in [-0.15, -0.1) is 0 Å². The Morgan fingerprint density at radius 3 is 3.00 bits per heavy atom.